The van der Waals surface area contributed by atoms with Crippen LogP contribution in [0.15, 0.2) is 41.1 Å². The Balaban J connectivity index is 2.36. The Morgan fingerprint density at radius 2 is 2.10 bits per heavy atom. The summed E-state index contributed by atoms with van der Waals surface area (Å²) < 4.78 is 2.91. The highest BCUT2D eigenvalue weighted by molar-refractivity contribution is 9.10. The van der Waals surface area contributed by atoms with Gasteiger partial charge in [-0.05, 0) is 47.1 Å². The lowest BCUT2D eigenvalue weighted by Crippen LogP contribution is -2.02. The zero-order valence-electron chi connectivity index (χ0n) is 10.5. The molecule has 0 spiro atoms. The van der Waals surface area contributed by atoms with Crippen molar-refractivity contribution < 1.29 is 0 Å². The predicted octanol–water partition coefficient (Wildman–Crippen LogP) is 5.14. The van der Waals surface area contributed by atoms with Gasteiger partial charge in [0.2, 0.25) is 0 Å². The molecule has 0 saturated carbocycles. The number of imidazole rings is 1. The zero-order chi connectivity index (χ0) is 14.3. The van der Waals surface area contributed by atoms with Crippen LogP contribution in [0.2, 0.25) is 5.02 Å². The highest BCUT2D eigenvalue weighted by Gasteiger charge is 2.17. The summed E-state index contributed by atoms with van der Waals surface area (Å²) in [7, 11) is 0. The van der Waals surface area contributed by atoms with Gasteiger partial charge in [-0.3, -0.25) is 9.55 Å². The van der Waals surface area contributed by atoms with Crippen LogP contribution in [-0.4, -0.2) is 14.5 Å². The number of hydrogen-bond acceptors (Lipinski definition) is 2. The first kappa shape index (κ1) is 13.9. The van der Waals surface area contributed by atoms with Crippen molar-refractivity contribution in [3.63, 3.8) is 0 Å². The molecule has 102 valence electrons. The van der Waals surface area contributed by atoms with Crippen molar-refractivity contribution in [2.45, 2.75) is 12.3 Å². The lowest BCUT2D eigenvalue weighted by atomic mass is 10.3. The molecule has 1 aromatic carbocycles. The fourth-order valence-electron chi connectivity index (χ4n) is 2.13. The molecule has 6 heteroatoms. The molecule has 0 aliphatic rings. The molecule has 0 saturated heterocycles. The summed E-state index contributed by atoms with van der Waals surface area (Å²) in [5.41, 5.74) is 2.73. The number of alkyl halides is 1. The predicted molar refractivity (Wildman–Crippen MR) is 85.8 cm³/mol. The van der Waals surface area contributed by atoms with Crippen LogP contribution in [0.4, 0.5) is 0 Å². The molecule has 0 radical (unpaired) electrons. The SMILES string of the molecule is CC(Cl)c1nc2cnccc2n1-c1ccc(Cl)cc1Br. The lowest BCUT2D eigenvalue weighted by molar-refractivity contribution is 0.880. The maximum Gasteiger partial charge on any atom is 0.132 e. The molecule has 1 unspecified atom stereocenters. The number of nitrogens with zero attached hydrogens (tertiary/aromatic N) is 3. The molecule has 3 nitrogen and oxygen atoms in total. The number of halogens is 3. The van der Waals surface area contributed by atoms with E-state index in [1.54, 1.807) is 12.4 Å². The van der Waals surface area contributed by atoms with Gasteiger partial charge in [-0.1, -0.05) is 11.6 Å². The minimum absolute atomic E-state index is 0.218. The average Bonchev–Trinajstić information content (AvgIpc) is 2.78. The fraction of sp³-hybridized carbons (Fsp3) is 0.143. The highest BCUT2D eigenvalue weighted by Crippen LogP contribution is 2.32. The monoisotopic (exact) mass is 369 g/mol. The van der Waals surface area contributed by atoms with E-state index < -0.39 is 0 Å². The molecule has 20 heavy (non-hydrogen) atoms. The van der Waals surface area contributed by atoms with E-state index in [1.165, 1.54) is 0 Å². The van der Waals surface area contributed by atoms with Crippen LogP contribution in [0, 0.1) is 0 Å². The summed E-state index contributed by atoms with van der Waals surface area (Å²) in [4.78, 5) is 8.67. The maximum absolute atomic E-state index is 6.27. The molecule has 1 atom stereocenters. The van der Waals surface area contributed by atoms with Gasteiger partial charge >= 0.3 is 0 Å². The van der Waals surface area contributed by atoms with Gasteiger partial charge in [-0.2, -0.15) is 0 Å². The van der Waals surface area contributed by atoms with Crippen molar-refractivity contribution in [2.24, 2.45) is 0 Å². The number of benzene rings is 1. The van der Waals surface area contributed by atoms with Gasteiger partial charge in [0.25, 0.3) is 0 Å². The Morgan fingerprint density at radius 1 is 1.30 bits per heavy atom. The zero-order valence-corrected chi connectivity index (χ0v) is 13.6. The number of aromatic nitrogens is 3. The highest BCUT2D eigenvalue weighted by atomic mass is 79.9. The van der Waals surface area contributed by atoms with Crippen molar-refractivity contribution >= 4 is 50.2 Å². The third-order valence-corrected chi connectivity index (χ3v) is 4.05. The summed E-state index contributed by atoms with van der Waals surface area (Å²) in [5.74, 6) is 0.776. The van der Waals surface area contributed by atoms with Crippen molar-refractivity contribution in [1.29, 1.82) is 0 Å². The van der Waals surface area contributed by atoms with Crippen molar-refractivity contribution in [3.8, 4) is 5.69 Å². The van der Waals surface area contributed by atoms with E-state index in [4.69, 9.17) is 23.2 Å². The molecule has 0 bridgehead atoms. The molecule has 0 N–H and O–H groups in total. The summed E-state index contributed by atoms with van der Waals surface area (Å²) in [6.07, 6.45) is 3.48. The Bertz CT molecular complexity index is 783. The van der Waals surface area contributed by atoms with Gasteiger partial charge < -0.3 is 0 Å². The van der Waals surface area contributed by atoms with Gasteiger partial charge in [-0.15, -0.1) is 11.6 Å². The largest absolute Gasteiger partial charge is 0.294 e. The molecular weight excluding hydrogens is 361 g/mol. The molecule has 0 amide bonds. The van der Waals surface area contributed by atoms with E-state index in [-0.39, 0.29) is 5.38 Å². The topological polar surface area (TPSA) is 30.7 Å². The quantitative estimate of drug-likeness (QED) is 0.585. The Morgan fingerprint density at radius 3 is 2.80 bits per heavy atom. The molecular formula is C14H10BrCl2N3. The Kier molecular flexibility index (Phi) is 3.71. The Hall–Kier alpha value is -1.10. The summed E-state index contributed by atoms with van der Waals surface area (Å²) in [6.45, 7) is 1.90. The van der Waals surface area contributed by atoms with Gasteiger partial charge in [0, 0.05) is 15.7 Å². The van der Waals surface area contributed by atoms with Crippen LogP contribution in [0.25, 0.3) is 16.7 Å². The first-order valence-corrected chi connectivity index (χ1v) is 7.60. The van der Waals surface area contributed by atoms with Gasteiger partial charge in [0.05, 0.1) is 22.8 Å². The van der Waals surface area contributed by atoms with Gasteiger partial charge in [-0.25, -0.2) is 4.98 Å². The smallest absolute Gasteiger partial charge is 0.132 e. The summed E-state index contributed by atoms with van der Waals surface area (Å²) in [6, 6.07) is 7.56. The van der Waals surface area contributed by atoms with Crippen molar-refractivity contribution in [2.75, 3.05) is 0 Å². The fourth-order valence-corrected chi connectivity index (χ4v) is 3.14. The number of hydrogen-bond donors (Lipinski definition) is 0. The molecule has 0 aliphatic carbocycles. The third-order valence-electron chi connectivity index (χ3n) is 2.99. The number of fused-ring (bicyclic) bond motifs is 1. The number of rotatable bonds is 2. The molecule has 3 aromatic rings. The van der Waals surface area contributed by atoms with Crippen molar-refractivity contribution in [1.82, 2.24) is 14.5 Å². The van der Waals surface area contributed by atoms with E-state index in [0.717, 1.165) is 27.0 Å². The minimum Gasteiger partial charge on any atom is -0.294 e. The number of pyridine rings is 1. The van der Waals surface area contributed by atoms with Crippen LogP contribution in [0.5, 0.6) is 0 Å². The summed E-state index contributed by atoms with van der Waals surface area (Å²) in [5, 5.41) is 0.456. The van der Waals surface area contributed by atoms with Crippen LogP contribution in [0.3, 0.4) is 0 Å². The second kappa shape index (κ2) is 5.35. The first-order valence-electron chi connectivity index (χ1n) is 6.00. The van der Waals surface area contributed by atoms with E-state index in [2.05, 4.69) is 25.9 Å². The standard InChI is InChI=1S/C14H10BrCl2N3/c1-8(16)14-19-11-7-18-5-4-13(11)20(14)12-3-2-9(17)6-10(12)15/h2-8H,1H3. The second-order valence-corrected chi connectivity index (χ2v) is 6.33. The molecule has 2 aromatic heterocycles. The van der Waals surface area contributed by atoms with Crippen LogP contribution in [-0.2, 0) is 0 Å². The molecule has 3 rings (SSSR count). The maximum atomic E-state index is 6.27. The Labute approximate surface area is 134 Å². The molecule has 0 fully saturated rings. The van der Waals surface area contributed by atoms with E-state index in [1.807, 2.05) is 35.8 Å². The van der Waals surface area contributed by atoms with Crippen LogP contribution in [0.1, 0.15) is 18.1 Å². The van der Waals surface area contributed by atoms with E-state index in [9.17, 15) is 0 Å². The van der Waals surface area contributed by atoms with E-state index in [0.29, 0.717) is 5.02 Å². The van der Waals surface area contributed by atoms with Crippen molar-refractivity contribution in [3.05, 3.63) is 52.0 Å². The van der Waals surface area contributed by atoms with Gasteiger partial charge in [0.15, 0.2) is 0 Å². The molecule has 0 aliphatic heterocycles. The minimum atomic E-state index is -0.218. The van der Waals surface area contributed by atoms with Crippen LogP contribution >= 0.6 is 39.1 Å². The first-order chi connectivity index (χ1) is 9.58. The van der Waals surface area contributed by atoms with E-state index >= 15 is 0 Å². The third kappa shape index (κ3) is 2.32. The molecule has 2 heterocycles. The normalized spacial score (nSPS) is 12.8. The van der Waals surface area contributed by atoms with Crippen LogP contribution < -0.4 is 0 Å². The average molecular weight is 371 g/mol. The second-order valence-electron chi connectivity index (χ2n) is 4.38. The summed E-state index contributed by atoms with van der Waals surface area (Å²) >= 11 is 15.8. The van der Waals surface area contributed by atoms with Gasteiger partial charge in [0.1, 0.15) is 11.3 Å². The lowest BCUT2D eigenvalue weighted by Gasteiger charge is -2.12.